The van der Waals surface area contributed by atoms with Gasteiger partial charge in [0.05, 0.1) is 17.0 Å². The summed E-state index contributed by atoms with van der Waals surface area (Å²) in [5.41, 5.74) is 2.40. The molecule has 2 aromatic heterocycles. The zero-order valence-corrected chi connectivity index (χ0v) is 19.2. The number of carbonyl (C=O) groups is 1. The SMILES string of the molecule is C[C@@H]1C(=O)N2C(c3nn[nH]n3)=C(CSc3cc[n+](-c4ccc(O)c(O)c4Cl)cc3)CS[C@H]12. The number of amides is 1. The lowest BCUT2D eigenvalue weighted by Gasteiger charge is -2.48. The number of fused-ring (bicyclic) bond motifs is 1. The van der Waals surface area contributed by atoms with E-state index in [4.69, 9.17) is 11.6 Å². The van der Waals surface area contributed by atoms with Crippen molar-refractivity contribution in [2.75, 3.05) is 11.5 Å². The minimum atomic E-state index is -0.348. The number of aromatic nitrogens is 5. The van der Waals surface area contributed by atoms with Gasteiger partial charge in [0, 0.05) is 34.6 Å². The number of aromatic hydroxyl groups is 2. The average molecular weight is 490 g/mol. The molecule has 2 atom stereocenters. The number of rotatable bonds is 5. The van der Waals surface area contributed by atoms with Crippen LogP contribution in [-0.2, 0) is 4.79 Å². The summed E-state index contributed by atoms with van der Waals surface area (Å²) in [4.78, 5) is 15.3. The number of phenolic OH excluding ortho intramolecular Hbond substituents is 2. The monoisotopic (exact) mass is 489 g/mol. The number of nitrogens with one attached hydrogen (secondary N) is 1. The van der Waals surface area contributed by atoms with Gasteiger partial charge in [-0.3, -0.25) is 9.69 Å². The molecule has 9 nitrogen and oxygen atoms in total. The number of thioether (sulfide) groups is 2. The highest BCUT2D eigenvalue weighted by atomic mass is 35.5. The van der Waals surface area contributed by atoms with Crippen molar-refractivity contribution in [1.82, 2.24) is 25.5 Å². The molecule has 3 aromatic rings. The van der Waals surface area contributed by atoms with E-state index in [2.05, 4.69) is 20.6 Å². The van der Waals surface area contributed by atoms with Gasteiger partial charge < -0.3 is 10.2 Å². The lowest BCUT2D eigenvalue weighted by Crippen LogP contribution is -2.58. The van der Waals surface area contributed by atoms with Crippen molar-refractivity contribution >= 4 is 46.7 Å². The topological polar surface area (TPSA) is 119 Å². The van der Waals surface area contributed by atoms with Crippen molar-refractivity contribution in [2.45, 2.75) is 17.2 Å². The smallest absolute Gasteiger partial charge is 0.233 e. The predicted molar refractivity (Wildman–Crippen MR) is 120 cm³/mol. The number of halogens is 1. The third-order valence-corrected chi connectivity index (χ3v) is 8.38. The molecule has 3 N–H and O–H groups in total. The Hall–Kier alpha value is -2.76. The van der Waals surface area contributed by atoms with Gasteiger partial charge in [-0.2, -0.15) is 9.78 Å². The molecule has 5 rings (SSSR count). The number of pyridine rings is 1. The Kier molecular flexibility index (Phi) is 5.48. The van der Waals surface area contributed by atoms with E-state index in [1.165, 1.54) is 6.07 Å². The van der Waals surface area contributed by atoms with Crippen LogP contribution in [0, 0.1) is 5.92 Å². The summed E-state index contributed by atoms with van der Waals surface area (Å²) in [6.45, 7) is 1.95. The molecule has 1 fully saturated rings. The second-order valence-electron chi connectivity index (χ2n) is 7.38. The number of nitrogens with zero attached hydrogens (tertiary/aromatic N) is 5. The molecule has 0 bridgehead atoms. The molecular formula is C20H18ClN6O3S2+. The Bertz CT molecular complexity index is 1220. The number of hydrogen-bond donors (Lipinski definition) is 3. The number of phenols is 2. The van der Waals surface area contributed by atoms with Crippen LogP contribution in [0.3, 0.4) is 0 Å². The van der Waals surface area contributed by atoms with Gasteiger partial charge in [-0.1, -0.05) is 18.5 Å². The van der Waals surface area contributed by atoms with Crippen LogP contribution in [0.1, 0.15) is 12.7 Å². The maximum absolute atomic E-state index is 12.5. The molecule has 0 saturated carbocycles. The summed E-state index contributed by atoms with van der Waals surface area (Å²) in [5, 5.41) is 34.0. The zero-order chi connectivity index (χ0) is 22.4. The van der Waals surface area contributed by atoms with Gasteiger partial charge in [-0.25, -0.2) is 0 Å². The molecule has 164 valence electrons. The van der Waals surface area contributed by atoms with Crippen LogP contribution in [0.15, 0.2) is 47.1 Å². The lowest BCUT2D eigenvalue weighted by molar-refractivity contribution is -0.596. The molecule has 2 aliphatic rings. The summed E-state index contributed by atoms with van der Waals surface area (Å²) in [6, 6.07) is 6.90. The van der Waals surface area contributed by atoms with Crippen molar-refractivity contribution < 1.29 is 19.6 Å². The maximum Gasteiger partial charge on any atom is 0.233 e. The van der Waals surface area contributed by atoms with Crippen molar-refractivity contribution in [3.63, 3.8) is 0 Å². The van der Waals surface area contributed by atoms with E-state index in [0.717, 1.165) is 21.9 Å². The van der Waals surface area contributed by atoms with Crippen LogP contribution >= 0.6 is 35.1 Å². The molecule has 1 aromatic carbocycles. The van der Waals surface area contributed by atoms with E-state index in [-0.39, 0.29) is 33.7 Å². The molecular weight excluding hydrogens is 472 g/mol. The molecule has 0 unspecified atom stereocenters. The van der Waals surface area contributed by atoms with Crippen molar-refractivity contribution in [2.24, 2.45) is 5.92 Å². The van der Waals surface area contributed by atoms with Gasteiger partial charge in [0.1, 0.15) is 0 Å². The first kappa shape index (κ1) is 21.1. The number of H-pyrrole nitrogens is 1. The molecule has 1 amide bonds. The lowest BCUT2D eigenvalue weighted by atomic mass is 9.98. The molecule has 0 spiro atoms. The fourth-order valence-electron chi connectivity index (χ4n) is 3.71. The van der Waals surface area contributed by atoms with Crippen molar-refractivity contribution in [3.05, 3.63) is 53.1 Å². The first-order chi connectivity index (χ1) is 15.5. The summed E-state index contributed by atoms with van der Waals surface area (Å²) >= 11 is 9.55. The van der Waals surface area contributed by atoms with E-state index in [0.29, 0.717) is 17.3 Å². The van der Waals surface area contributed by atoms with Gasteiger partial charge >= 0.3 is 0 Å². The molecule has 4 heterocycles. The largest absolute Gasteiger partial charge is 0.504 e. The molecule has 2 aliphatic heterocycles. The zero-order valence-electron chi connectivity index (χ0n) is 16.8. The maximum atomic E-state index is 12.5. The fourth-order valence-corrected chi connectivity index (χ4v) is 6.37. The number of carbonyl (C=O) groups excluding carboxylic acids is 1. The van der Waals surface area contributed by atoms with E-state index < -0.39 is 0 Å². The van der Waals surface area contributed by atoms with Gasteiger partial charge in [0.2, 0.25) is 17.4 Å². The highest BCUT2D eigenvalue weighted by Crippen LogP contribution is 2.46. The first-order valence-corrected chi connectivity index (χ1v) is 12.1. The Morgan fingerprint density at radius 2 is 2.09 bits per heavy atom. The number of benzene rings is 1. The van der Waals surface area contributed by atoms with Crippen molar-refractivity contribution in [1.29, 1.82) is 0 Å². The van der Waals surface area contributed by atoms with E-state index in [9.17, 15) is 15.0 Å². The van der Waals surface area contributed by atoms with E-state index in [1.807, 2.05) is 31.5 Å². The normalized spacial score (nSPS) is 20.3. The van der Waals surface area contributed by atoms with Crippen LogP contribution in [0.2, 0.25) is 5.02 Å². The van der Waals surface area contributed by atoms with E-state index in [1.54, 1.807) is 39.1 Å². The van der Waals surface area contributed by atoms with Crippen LogP contribution < -0.4 is 4.57 Å². The molecule has 0 radical (unpaired) electrons. The first-order valence-electron chi connectivity index (χ1n) is 9.71. The van der Waals surface area contributed by atoms with Crippen molar-refractivity contribution in [3.8, 4) is 17.2 Å². The van der Waals surface area contributed by atoms with Gasteiger partial charge in [-0.05, 0) is 16.9 Å². The van der Waals surface area contributed by atoms with Gasteiger partial charge in [0.25, 0.3) is 0 Å². The summed E-state index contributed by atoms with van der Waals surface area (Å²) < 4.78 is 1.76. The average Bonchev–Trinajstić information content (AvgIpc) is 3.35. The molecule has 12 heteroatoms. The number of aromatic amines is 1. The minimum absolute atomic E-state index is 0.00756. The number of tetrazole rings is 1. The van der Waals surface area contributed by atoms with Crippen LogP contribution in [0.25, 0.3) is 11.4 Å². The fraction of sp³-hybridized carbons (Fsp3) is 0.250. The molecule has 1 saturated heterocycles. The predicted octanol–water partition coefficient (Wildman–Crippen LogP) is 2.60. The van der Waals surface area contributed by atoms with Crippen LogP contribution in [-0.4, -0.2) is 58.5 Å². The quantitative estimate of drug-likeness (QED) is 0.216. The summed E-state index contributed by atoms with van der Waals surface area (Å²) in [7, 11) is 0. The minimum Gasteiger partial charge on any atom is -0.504 e. The number of β-lactam (4-membered cyclic amide) rings is 1. The standard InChI is InChI=1S/C20H17ClN6O3S2/c1-10-19(30)27-16(18-22-24-25-23-18)11(9-32-20(10)27)8-31-12-4-6-26(7-5-12)13-2-3-14(28)17(29)15(13)21/h2-7,10,20H,8-9H2,1H3,(H2-,22,23,24,25,28,29)/p+1/t10-,20-/m1/s1. The second-order valence-corrected chi connectivity index (χ2v) is 9.91. The van der Waals surface area contributed by atoms with Crippen LogP contribution in [0.5, 0.6) is 11.5 Å². The van der Waals surface area contributed by atoms with Gasteiger partial charge in [-0.15, -0.1) is 33.7 Å². The highest BCUT2D eigenvalue weighted by Gasteiger charge is 2.50. The Labute approximate surface area is 196 Å². The highest BCUT2D eigenvalue weighted by molar-refractivity contribution is 8.01. The summed E-state index contributed by atoms with van der Waals surface area (Å²) in [5.74, 6) is 1.38. The third-order valence-electron chi connectivity index (χ3n) is 5.43. The third kappa shape index (κ3) is 3.50. The summed E-state index contributed by atoms with van der Waals surface area (Å²) in [6.07, 6.45) is 3.67. The number of hydrogen-bond acceptors (Lipinski definition) is 8. The van der Waals surface area contributed by atoms with Gasteiger partial charge in [0.15, 0.2) is 28.9 Å². The second kappa shape index (κ2) is 8.30. The molecule has 32 heavy (non-hydrogen) atoms. The Morgan fingerprint density at radius 1 is 1.31 bits per heavy atom. The molecule has 0 aliphatic carbocycles. The van der Waals surface area contributed by atoms with E-state index >= 15 is 0 Å². The Morgan fingerprint density at radius 3 is 2.81 bits per heavy atom. The Balaban J connectivity index is 1.37. The van der Waals surface area contributed by atoms with Crippen LogP contribution in [0.4, 0.5) is 0 Å².